The van der Waals surface area contributed by atoms with E-state index >= 15 is 0 Å². The van der Waals surface area contributed by atoms with Gasteiger partial charge in [0.05, 0.1) is 11.0 Å². The monoisotopic (exact) mass is 248 g/mol. The molecular weight excluding hydrogens is 238 g/mol. The summed E-state index contributed by atoms with van der Waals surface area (Å²) in [6.07, 6.45) is 0. The Bertz CT molecular complexity index is 568. The summed E-state index contributed by atoms with van der Waals surface area (Å²) in [6, 6.07) is 8.81. The number of hydrogen-bond acceptors (Lipinski definition) is 2. The summed E-state index contributed by atoms with van der Waals surface area (Å²) in [5.41, 5.74) is 3.00. The average molecular weight is 249 g/mol. The van der Waals surface area contributed by atoms with Gasteiger partial charge in [-0.05, 0) is 44.2 Å². The lowest BCUT2D eigenvalue weighted by Gasteiger charge is -2.12. The van der Waals surface area contributed by atoms with Gasteiger partial charge >= 0.3 is 0 Å². The predicted molar refractivity (Wildman–Crippen MR) is 64.6 cm³/mol. The van der Waals surface area contributed by atoms with E-state index in [-0.39, 0.29) is 10.6 Å². The van der Waals surface area contributed by atoms with E-state index < -0.39 is 5.97 Å². The van der Waals surface area contributed by atoms with Gasteiger partial charge in [-0.1, -0.05) is 11.6 Å². The Morgan fingerprint density at radius 3 is 2.24 bits per heavy atom. The number of nitrogens with zero attached hydrogens (tertiary/aromatic N) is 1. The van der Waals surface area contributed by atoms with Crippen LogP contribution in [0.2, 0.25) is 5.02 Å². The molecule has 0 saturated carbocycles. The molecule has 17 heavy (non-hydrogen) atoms. The maximum Gasteiger partial charge on any atom is 0.0730 e. The molecule has 2 rings (SSSR count). The van der Waals surface area contributed by atoms with E-state index in [9.17, 15) is 9.90 Å². The Kier molecular flexibility index (Phi) is 2.94. The van der Waals surface area contributed by atoms with Crippen LogP contribution < -0.4 is 5.11 Å². The molecule has 0 N–H and O–H groups in total. The molecule has 0 amide bonds. The molecule has 1 heterocycles. The first-order valence-electron chi connectivity index (χ1n) is 5.17. The fourth-order valence-electron chi connectivity index (χ4n) is 1.88. The topological polar surface area (TPSA) is 45.1 Å². The molecule has 1 aromatic heterocycles. The second-order valence-corrected chi connectivity index (χ2v) is 4.31. The zero-order valence-electron chi connectivity index (χ0n) is 9.53. The maximum absolute atomic E-state index is 10.8. The van der Waals surface area contributed by atoms with Crippen LogP contribution in [0.5, 0.6) is 0 Å². The molecule has 0 bridgehead atoms. The van der Waals surface area contributed by atoms with Crippen molar-refractivity contribution in [3.8, 4) is 5.69 Å². The van der Waals surface area contributed by atoms with E-state index in [2.05, 4.69) is 0 Å². The van der Waals surface area contributed by atoms with Crippen LogP contribution in [0.25, 0.3) is 5.69 Å². The number of hydrogen-bond donors (Lipinski definition) is 0. The maximum atomic E-state index is 10.8. The second-order valence-electron chi connectivity index (χ2n) is 3.90. The van der Waals surface area contributed by atoms with E-state index in [4.69, 9.17) is 11.6 Å². The van der Waals surface area contributed by atoms with E-state index in [1.807, 2.05) is 30.5 Å². The summed E-state index contributed by atoms with van der Waals surface area (Å²) in [4.78, 5) is 10.8. The molecular formula is C13H11ClNO2-. The summed E-state index contributed by atoms with van der Waals surface area (Å²) in [5, 5.41) is 10.9. The first kappa shape index (κ1) is 11.7. The van der Waals surface area contributed by atoms with Crippen molar-refractivity contribution in [3.63, 3.8) is 0 Å². The molecule has 88 valence electrons. The molecule has 2 aromatic rings. The van der Waals surface area contributed by atoms with Gasteiger partial charge in [-0.25, -0.2) is 0 Å². The highest BCUT2D eigenvalue weighted by Gasteiger charge is 2.07. The normalized spacial score (nSPS) is 10.5. The van der Waals surface area contributed by atoms with Gasteiger partial charge in [0.1, 0.15) is 0 Å². The molecule has 0 atom stereocenters. The molecule has 3 nitrogen and oxygen atoms in total. The number of halogens is 1. The van der Waals surface area contributed by atoms with Crippen molar-refractivity contribution in [1.29, 1.82) is 0 Å². The van der Waals surface area contributed by atoms with Crippen LogP contribution in [0.15, 0.2) is 30.3 Å². The fraction of sp³-hybridized carbons (Fsp3) is 0.154. The third-order valence-electron chi connectivity index (χ3n) is 2.70. The molecule has 0 aliphatic rings. The number of rotatable bonds is 2. The number of benzene rings is 1. The largest absolute Gasteiger partial charge is 0.545 e. The molecule has 0 unspecified atom stereocenters. The van der Waals surface area contributed by atoms with Crippen LogP contribution in [0, 0.1) is 13.8 Å². The Labute approximate surface area is 104 Å². The molecule has 4 heteroatoms. The predicted octanol–water partition coefficient (Wildman–Crippen LogP) is 2.11. The molecule has 0 spiro atoms. The molecule has 0 aliphatic heterocycles. The van der Waals surface area contributed by atoms with Crippen LogP contribution in [-0.2, 0) is 0 Å². The molecule has 1 aromatic carbocycles. The fourth-order valence-corrected chi connectivity index (χ4v) is 2.14. The van der Waals surface area contributed by atoms with Crippen molar-refractivity contribution < 1.29 is 9.90 Å². The zero-order chi connectivity index (χ0) is 12.6. The van der Waals surface area contributed by atoms with Crippen molar-refractivity contribution in [2.75, 3.05) is 0 Å². The third kappa shape index (κ3) is 2.06. The van der Waals surface area contributed by atoms with Gasteiger partial charge in [0.25, 0.3) is 0 Å². The number of aryl methyl sites for hydroxylation is 2. The van der Waals surface area contributed by atoms with Crippen molar-refractivity contribution in [3.05, 3.63) is 52.3 Å². The summed E-state index contributed by atoms with van der Waals surface area (Å²) < 4.78 is 2.00. The number of aromatic nitrogens is 1. The quantitative estimate of drug-likeness (QED) is 0.817. The van der Waals surface area contributed by atoms with E-state index in [1.165, 1.54) is 6.07 Å². The van der Waals surface area contributed by atoms with E-state index in [0.717, 1.165) is 17.1 Å². The SMILES string of the molecule is Cc1ccc(C)n1-c1ccc(C(=O)[O-])c(Cl)c1. The van der Waals surface area contributed by atoms with Gasteiger partial charge < -0.3 is 14.5 Å². The van der Waals surface area contributed by atoms with Crippen molar-refractivity contribution in [2.24, 2.45) is 0 Å². The first-order valence-corrected chi connectivity index (χ1v) is 5.54. The molecule has 0 saturated heterocycles. The van der Waals surface area contributed by atoms with Gasteiger partial charge in [-0.2, -0.15) is 0 Å². The Balaban J connectivity index is 2.56. The number of carbonyl (C=O) groups excluding carboxylic acids is 1. The summed E-state index contributed by atoms with van der Waals surface area (Å²) in [6.45, 7) is 3.96. The number of carboxylic acid groups (broad SMARTS) is 1. The minimum Gasteiger partial charge on any atom is -0.545 e. The molecule has 0 radical (unpaired) electrons. The van der Waals surface area contributed by atoms with Crippen LogP contribution in [-0.4, -0.2) is 10.5 Å². The van der Waals surface area contributed by atoms with Crippen LogP contribution in [0.4, 0.5) is 0 Å². The van der Waals surface area contributed by atoms with Crippen molar-refractivity contribution in [1.82, 2.24) is 4.57 Å². The van der Waals surface area contributed by atoms with Gasteiger partial charge in [-0.15, -0.1) is 0 Å². The molecule has 0 aliphatic carbocycles. The number of carboxylic acids is 1. The second kappa shape index (κ2) is 4.26. The number of aromatic carboxylic acids is 1. The van der Waals surface area contributed by atoms with Crippen LogP contribution in [0.1, 0.15) is 21.7 Å². The third-order valence-corrected chi connectivity index (χ3v) is 3.01. The lowest BCUT2D eigenvalue weighted by atomic mass is 10.2. The lowest BCUT2D eigenvalue weighted by Crippen LogP contribution is -2.22. The van der Waals surface area contributed by atoms with E-state index in [0.29, 0.717) is 0 Å². The molecule has 0 fully saturated rings. The van der Waals surface area contributed by atoms with Crippen LogP contribution >= 0.6 is 11.6 Å². The standard InChI is InChI=1S/C13H12ClNO2/c1-8-3-4-9(2)15(8)10-5-6-11(13(16)17)12(14)7-10/h3-7H,1-2H3,(H,16,17)/p-1. The first-order chi connectivity index (χ1) is 8.00. The van der Waals surface area contributed by atoms with Gasteiger partial charge in [0, 0.05) is 22.6 Å². The highest BCUT2D eigenvalue weighted by Crippen LogP contribution is 2.22. The van der Waals surface area contributed by atoms with Crippen LogP contribution in [0.3, 0.4) is 0 Å². The van der Waals surface area contributed by atoms with E-state index in [1.54, 1.807) is 12.1 Å². The lowest BCUT2D eigenvalue weighted by molar-refractivity contribution is -0.255. The van der Waals surface area contributed by atoms with Gasteiger partial charge in [0.15, 0.2) is 0 Å². The average Bonchev–Trinajstić information content (AvgIpc) is 2.58. The minimum absolute atomic E-state index is 0.0119. The Morgan fingerprint density at radius 1 is 1.18 bits per heavy atom. The van der Waals surface area contributed by atoms with Gasteiger partial charge in [0.2, 0.25) is 0 Å². The zero-order valence-corrected chi connectivity index (χ0v) is 10.3. The van der Waals surface area contributed by atoms with Crippen molar-refractivity contribution >= 4 is 17.6 Å². The minimum atomic E-state index is -1.26. The number of carbonyl (C=O) groups is 1. The highest BCUT2D eigenvalue weighted by molar-refractivity contribution is 6.33. The summed E-state index contributed by atoms with van der Waals surface area (Å²) in [7, 11) is 0. The Hall–Kier alpha value is -1.74. The highest BCUT2D eigenvalue weighted by atomic mass is 35.5. The Morgan fingerprint density at radius 2 is 1.76 bits per heavy atom. The van der Waals surface area contributed by atoms with Crippen molar-refractivity contribution in [2.45, 2.75) is 13.8 Å². The summed E-state index contributed by atoms with van der Waals surface area (Å²) in [5.74, 6) is -1.26. The summed E-state index contributed by atoms with van der Waals surface area (Å²) >= 11 is 5.91. The van der Waals surface area contributed by atoms with Gasteiger partial charge in [-0.3, -0.25) is 0 Å². The smallest absolute Gasteiger partial charge is 0.0730 e.